The molecule has 1 aromatic heterocycles. The van der Waals surface area contributed by atoms with Crippen LogP contribution in [0.1, 0.15) is 28.8 Å². The van der Waals surface area contributed by atoms with Crippen LogP contribution in [0, 0.1) is 0 Å². The Morgan fingerprint density at radius 3 is 2.89 bits per heavy atom. The molecule has 3 rings (SSSR count). The number of hydrogen-bond acceptors (Lipinski definition) is 4. The third-order valence-corrected chi connectivity index (χ3v) is 5.65. The van der Waals surface area contributed by atoms with Crippen molar-refractivity contribution in [2.24, 2.45) is 4.99 Å². The quantitative estimate of drug-likeness (QED) is 0.382. The second-order valence-electron chi connectivity index (χ2n) is 6.13. The highest BCUT2D eigenvalue weighted by Gasteiger charge is 2.16. The predicted molar refractivity (Wildman–Crippen MR) is 124 cm³/mol. The van der Waals surface area contributed by atoms with Crippen LogP contribution in [0.4, 0.5) is 0 Å². The summed E-state index contributed by atoms with van der Waals surface area (Å²) in [5.74, 6) is 1.83. The van der Waals surface area contributed by atoms with Crippen LogP contribution >= 0.6 is 35.3 Å². The monoisotopic (exact) mass is 498 g/mol. The van der Waals surface area contributed by atoms with E-state index in [9.17, 15) is 0 Å². The molecule has 0 spiro atoms. The number of hydrogen-bond donors (Lipinski definition) is 1. The van der Waals surface area contributed by atoms with Gasteiger partial charge in [0.05, 0.1) is 13.7 Å². The van der Waals surface area contributed by atoms with Crippen LogP contribution in [0.25, 0.3) is 5.57 Å². The fourth-order valence-corrected chi connectivity index (χ4v) is 3.83. The summed E-state index contributed by atoms with van der Waals surface area (Å²) in [5, 5.41) is 4.54. The zero-order valence-corrected chi connectivity index (χ0v) is 19.2. The number of nitrogens with zero attached hydrogens (tertiary/aromatic N) is 3. The number of aryl methyl sites for hydroxylation is 1. The van der Waals surface area contributed by atoms with E-state index in [0.717, 1.165) is 49.2 Å². The number of rotatable bonds is 5. The average molecular weight is 498 g/mol. The molecule has 2 heterocycles. The lowest BCUT2D eigenvalue weighted by atomic mass is 9.99. The topological polar surface area (TPSA) is 49.8 Å². The summed E-state index contributed by atoms with van der Waals surface area (Å²) in [6.45, 7) is 4.68. The highest BCUT2D eigenvalue weighted by molar-refractivity contribution is 14.0. The van der Waals surface area contributed by atoms with Gasteiger partial charge in [-0.25, -0.2) is 4.98 Å². The lowest BCUT2D eigenvalue weighted by Crippen LogP contribution is -2.43. The van der Waals surface area contributed by atoms with Crippen LogP contribution in [-0.4, -0.2) is 43.1 Å². The molecule has 1 aliphatic heterocycles. The Bertz CT molecular complexity index is 803. The fraction of sp³-hybridized carbons (Fsp3) is 0.400. The number of nitrogens with one attached hydrogen (secondary N) is 1. The molecule has 1 N–H and O–H groups in total. The van der Waals surface area contributed by atoms with Crippen molar-refractivity contribution < 1.29 is 4.74 Å². The molecule has 5 nitrogen and oxygen atoms in total. The van der Waals surface area contributed by atoms with E-state index in [0.29, 0.717) is 0 Å². The first-order chi connectivity index (χ1) is 12.7. The summed E-state index contributed by atoms with van der Waals surface area (Å²) in [4.78, 5) is 12.5. The molecule has 0 unspecified atom stereocenters. The van der Waals surface area contributed by atoms with E-state index in [2.05, 4.69) is 45.3 Å². The summed E-state index contributed by atoms with van der Waals surface area (Å²) in [5.41, 5.74) is 2.60. The Balaban J connectivity index is 0.00000261. The number of aromatic nitrogens is 1. The Morgan fingerprint density at radius 2 is 2.26 bits per heavy atom. The van der Waals surface area contributed by atoms with Gasteiger partial charge >= 0.3 is 0 Å². The Kier molecular flexibility index (Phi) is 8.56. The smallest absolute Gasteiger partial charge is 0.194 e. The molecule has 0 bridgehead atoms. The van der Waals surface area contributed by atoms with Crippen molar-refractivity contribution in [1.29, 1.82) is 0 Å². The van der Waals surface area contributed by atoms with Crippen molar-refractivity contribution in [3.05, 3.63) is 52.0 Å². The van der Waals surface area contributed by atoms with E-state index in [-0.39, 0.29) is 24.0 Å². The Morgan fingerprint density at radius 1 is 1.41 bits per heavy atom. The molecule has 0 radical (unpaired) electrons. The summed E-state index contributed by atoms with van der Waals surface area (Å²) >= 11 is 1.76. The first kappa shape index (κ1) is 21.7. The first-order valence-corrected chi connectivity index (χ1v) is 9.77. The Hall–Kier alpha value is -1.61. The zero-order chi connectivity index (χ0) is 18.4. The molecule has 7 heteroatoms. The minimum atomic E-state index is 0. The number of guanidine groups is 1. The summed E-state index contributed by atoms with van der Waals surface area (Å²) < 4.78 is 5.33. The molecule has 0 amide bonds. The number of benzene rings is 1. The van der Waals surface area contributed by atoms with Gasteiger partial charge < -0.3 is 15.0 Å². The number of aliphatic imine (C=N–C) groups is 1. The first-order valence-electron chi connectivity index (χ1n) is 8.96. The van der Waals surface area contributed by atoms with E-state index in [4.69, 9.17) is 4.74 Å². The number of halogens is 1. The Labute approximate surface area is 182 Å². The normalized spacial score (nSPS) is 14.4. The van der Waals surface area contributed by atoms with Crippen LogP contribution in [0.5, 0.6) is 5.75 Å². The van der Waals surface area contributed by atoms with Crippen LogP contribution in [0.15, 0.2) is 41.5 Å². The van der Waals surface area contributed by atoms with E-state index in [1.807, 2.05) is 25.4 Å². The molecular weight excluding hydrogens is 471 g/mol. The van der Waals surface area contributed by atoms with Gasteiger partial charge in [0.2, 0.25) is 0 Å². The minimum Gasteiger partial charge on any atom is -0.497 e. The number of ether oxygens (including phenoxy) is 1. The van der Waals surface area contributed by atoms with E-state index in [1.54, 1.807) is 18.4 Å². The van der Waals surface area contributed by atoms with Gasteiger partial charge in [0, 0.05) is 31.2 Å². The summed E-state index contributed by atoms with van der Waals surface area (Å²) in [7, 11) is 3.54. The maximum Gasteiger partial charge on any atom is 0.194 e. The molecule has 0 atom stereocenters. The second-order valence-corrected chi connectivity index (χ2v) is 7.33. The maximum atomic E-state index is 5.33. The molecule has 27 heavy (non-hydrogen) atoms. The van der Waals surface area contributed by atoms with Gasteiger partial charge in [0.25, 0.3) is 0 Å². The van der Waals surface area contributed by atoms with Crippen molar-refractivity contribution in [3.63, 3.8) is 0 Å². The van der Waals surface area contributed by atoms with Gasteiger partial charge in [-0.05, 0) is 36.1 Å². The van der Waals surface area contributed by atoms with Gasteiger partial charge in [-0.15, -0.1) is 35.3 Å². The van der Waals surface area contributed by atoms with Gasteiger partial charge in [-0.2, -0.15) is 0 Å². The number of thiazole rings is 1. The van der Waals surface area contributed by atoms with Gasteiger partial charge in [-0.3, -0.25) is 4.99 Å². The van der Waals surface area contributed by atoms with Crippen molar-refractivity contribution >= 4 is 46.8 Å². The molecule has 2 aromatic rings. The van der Waals surface area contributed by atoms with Crippen molar-refractivity contribution in [3.8, 4) is 5.75 Å². The van der Waals surface area contributed by atoms with Crippen molar-refractivity contribution in [2.45, 2.75) is 26.3 Å². The highest BCUT2D eigenvalue weighted by atomic mass is 127. The SMILES string of the molecule is CCc1cnc(CNC(=NC)N2CC=C(c3cccc(OC)c3)CC2)s1.I. The predicted octanol–water partition coefficient (Wildman–Crippen LogP) is 4.20. The average Bonchev–Trinajstić information content (AvgIpc) is 3.17. The van der Waals surface area contributed by atoms with E-state index in [1.165, 1.54) is 16.0 Å². The lowest BCUT2D eigenvalue weighted by molar-refractivity contribution is 0.414. The maximum absolute atomic E-state index is 5.33. The third kappa shape index (κ3) is 5.68. The molecule has 0 saturated carbocycles. The molecule has 1 aromatic carbocycles. The van der Waals surface area contributed by atoms with Gasteiger partial charge in [-0.1, -0.05) is 25.1 Å². The van der Waals surface area contributed by atoms with Crippen LogP contribution in [0.3, 0.4) is 0 Å². The van der Waals surface area contributed by atoms with Gasteiger partial charge in [0.1, 0.15) is 10.8 Å². The number of methoxy groups -OCH3 is 1. The largest absolute Gasteiger partial charge is 0.497 e. The molecule has 146 valence electrons. The van der Waals surface area contributed by atoms with Crippen LogP contribution < -0.4 is 10.1 Å². The third-order valence-electron chi connectivity index (χ3n) is 4.51. The molecule has 0 fully saturated rings. The zero-order valence-electron chi connectivity index (χ0n) is 16.1. The van der Waals surface area contributed by atoms with Crippen LogP contribution in [0.2, 0.25) is 0 Å². The van der Waals surface area contributed by atoms with E-state index < -0.39 is 0 Å². The molecule has 1 aliphatic rings. The minimum absolute atomic E-state index is 0. The fourth-order valence-electron chi connectivity index (χ4n) is 3.03. The van der Waals surface area contributed by atoms with Crippen molar-refractivity contribution in [2.75, 3.05) is 27.2 Å². The van der Waals surface area contributed by atoms with Crippen molar-refractivity contribution in [1.82, 2.24) is 15.2 Å². The van der Waals surface area contributed by atoms with Gasteiger partial charge in [0.15, 0.2) is 5.96 Å². The highest BCUT2D eigenvalue weighted by Crippen LogP contribution is 2.25. The second kappa shape index (κ2) is 10.7. The lowest BCUT2D eigenvalue weighted by Gasteiger charge is -2.29. The molecular formula is C20H27IN4OS. The standard InChI is InChI=1S/C20H26N4OS.HI/c1-4-18-13-22-19(26-18)14-23-20(21-2)24-10-8-15(9-11-24)16-6-5-7-17(12-16)25-3;/h5-8,12-13H,4,9-11,14H2,1-3H3,(H,21,23);1H. The molecule has 0 aliphatic carbocycles. The summed E-state index contributed by atoms with van der Waals surface area (Å²) in [6.07, 6.45) is 6.28. The van der Waals surface area contributed by atoms with Crippen LogP contribution in [-0.2, 0) is 13.0 Å². The van der Waals surface area contributed by atoms with E-state index >= 15 is 0 Å². The molecule has 0 saturated heterocycles. The summed E-state index contributed by atoms with van der Waals surface area (Å²) in [6, 6.07) is 8.27.